The highest BCUT2D eigenvalue weighted by Crippen LogP contribution is 2.33. The number of amides is 1. The second-order valence-corrected chi connectivity index (χ2v) is 7.68. The van der Waals surface area contributed by atoms with E-state index in [0.29, 0.717) is 5.39 Å². The van der Waals surface area contributed by atoms with Crippen LogP contribution in [-0.2, 0) is 24.2 Å². The molecule has 0 spiro atoms. The third kappa shape index (κ3) is 3.03. The molecule has 0 unspecified atom stereocenters. The van der Waals surface area contributed by atoms with Gasteiger partial charge in [0, 0.05) is 4.88 Å². The summed E-state index contributed by atoms with van der Waals surface area (Å²) in [7, 11) is 0. The number of nitrogens with zero attached hydrogens (tertiary/aromatic N) is 2. The summed E-state index contributed by atoms with van der Waals surface area (Å²) < 4.78 is 15.2. The molecule has 1 aliphatic rings. The van der Waals surface area contributed by atoms with E-state index >= 15 is 0 Å². The third-order valence-electron chi connectivity index (χ3n) is 4.65. The molecule has 4 rings (SSSR count). The number of anilines is 1. The molecular weight excluding hydrogens is 353 g/mol. The minimum atomic E-state index is -0.494. The summed E-state index contributed by atoms with van der Waals surface area (Å²) >= 11 is 1.57. The van der Waals surface area contributed by atoms with Crippen LogP contribution >= 0.6 is 11.3 Å². The van der Waals surface area contributed by atoms with E-state index in [1.165, 1.54) is 27.9 Å². The van der Waals surface area contributed by atoms with Crippen LogP contribution in [0, 0.1) is 12.7 Å². The Kier molecular flexibility index (Phi) is 4.32. The Labute approximate surface area is 153 Å². The van der Waals surface area contributed by atoms with Crippen LogP contribution in [0.4, 0.5) is 10.1 Å². The molecule has 0 bridgehead atoms. The van der Waals surface area contributed by atoms with Crippen molar-refractivity contribution in [3.05, 3.63) is 56.7 Å². The van der Waals surface area contributed by atoms with E-state index in [2.05, 4.69) is 10.3 Å². The van der Waals surface area contributed by atoms with Crippen molar-refractivity contribution in [2.45, 2.75) is 39.2 Å². The Bertz CT molecular complexity index is 1070. The zero-order valence-corrected chi connectivity index (χ0v) is 15.2. The number of carbonyl (C=O) groups is 1. The fourth-order valence-electron chi connectivity index (χ4n) is 3.36. The highest BCUT2D eigenvalue weighted by atomic mass is 32.1. The Balaban J connectivity index is 1.61. The SMILES string of the molecule is Cc1ccc(NC(=O)Cn2cnc3sc4c(c3c2=O)CCCC4)c(F)c1. The van der Waals surface area contributed by atoms with Crippen molar-refractivity contribution < 1.29 is 9.18 Å². The number of nitrogens with one attached hydrogen (secondary N) is 1. The van der Waals surface area contributed by atoms with Crippen LogP contribution in [-0.4, -0.2) is 15.5 Å². The van der Waals surface area contributed by atoms with Crippen LogP contribution in [0.2, 0.25) is 0 Å². The molecule has 2 heterocycles. The van der Waals surface area contributed by atoms with Gasteiger partial charge in [0.1, 0.15) is 17.2 Å². The van der Waals surface area contributed by atoms with Crippen LogP contribution in [0.15, 0.2) is 29.3 Å². The normalized spacial score (nSPS) is 13.6. The van der Waals surface area contributed by atoms with Crippen LogP contribution in [0.25, 0.3) is 10.2 Å². The first-order chi connectivity index (χ1) is 12.5. The number of fused-ring (bicyclic) bond motifs is 3. The quantitative estimate of drug-likeness (QED) is 0.767. The fraction of sp³-hybridized carbons (Fsp3) is 0.316. The van der Waals surface area contributed by atoms with Crippen LogP contribution in [0.1, 0.15) is 28.8 Å². The summed E-state index contributed by atoms with van der Waals surface area (Å²) in [6.45, 7) is 1.58. The number of aryl methyl sites for hydroxylation is 3. The van der Waals surface area contributed by atoms with Gasteiger partial charge in [-0.05, 0) is 55.9 Å². The number of hydrogen-bond acceptors (Lipinski definition) is 4. The Morgan fingerprint density at radius 1 is 1.35 bits per heavy atom. The minimum Gasteiger partial charge on any atom is -0.322 e. The molecule has 0 saturated heterocycles. The molecule has 134 valence electrons. The number of rotatable bonds is 3. The lowest BCUT2D eigenvalue weighted by atomic mass is 9.97. The highest BCUT2D eigenvalue weighted by Gasteiger charge is 2.20. The summed E-state index contributed by atoms with van der Waals surface area (Å²) in [6, 6.07) is 4.59. The number of halogens is 1. The molecule has 5 nitrogen and oxygen atoms in total. The summed E-state index contributed by atoms with van der Waals surface area (Å²) in [4.78, 5) is 31.4. The van der Waals surface area contributed by atoms with Crippen molar-refractivity contribution >= 4 is 33.1 Å². The Morgan fingerprint density at radius 2 is 2.15 bits per heavy atom. The van der Waals surface area contributed by atoms with E-state index in [-0.39, 0.29) is 17.8 Å². The number of benzene rings is 1. The first kappa shape index (κ1) is 16.9. The van der Waals surface area contributed by atoms with Crippen molar-refractivity contribution in [2.75, 3.05) is 5.32 Å². The van der Waals surface area contributed by atoms with Gasteiger partial charge in [0.25, 0.3) is 5.56 Å². The van der Waals surface area contributed by atoms with Gasteiger partial charge in [0.15, 0.2) is 0 Å². The molecule has 2 aromatic heterocycles. The Hall–Kier alpha value is -2.54. The molecule has 26 heavy (non-hydrogen) atoms. The first-order valence-corrected chi connectivity index (χ1v) is 9.40. The number of carbonyl (C=O) groups excluding carboxylic acids is 1. The number of aromatic nitrogens is 2. The molecule has 1 aliphatic carbocycles. The lowest BCUT2D eigenvalue weighted by Gasteiger charge is -2.11. The summed E-state index contributed by atoms with van der Waals surface area (Å²) in [5.41, 5.74) is 1.77. The van der Waals surface area contributed by atoms with Gasteiger partial charge < -0.3 is 5.32 Å². The predicted molar refractivity (Wildman–Crippen MR) is 100 cm³/mol. The lowest BCUT2D eigenvalue weighted by molar-refractivity contribution is -0.116. The maximum atomic E-state index is 13.9. The van der Waals surface area contributed by atoms with Gasteiger partial charge >= 0.3 is 0 Å². The van der Waals surface area contributed by atoms with Crippen LogP contribution < -0.4 is 10.9 Å². The van der Waals surface area contributed by atoms with Gasteiger partial charge in [0.05, 0.1) is 17.4 Å². The van der Waals surface area contributed by atoms with Crippen molar-refractivity contribution in [2.24, 2.45) is 0 Å². The van der Waals surface area contributed by atoms with E-state index in [1.54, 1.807) is 24.3 Å². The van der Waals surface area contributed by atoms with E-state index in [1.807, 2.05) is 0 Å². The third-order valence-corrected chi connectivity index (χ3v) is 5.85. The number of thiophene rings is 1. The molecule has 0 saturated carbocycles. The topological polar surface area (TPSA) is 64.0 Å². The highest BCUT2D eigenvalue weighted by molar-refractivity contribution is 7.18. The molecular formula is C19H18FN3O2S. The smallest absolute Gasteiger partial charge is 0.262 e. The van der Waals surface area contributed by atoms with Crippen LogP contribution in [0.3, 0.4) is 0 Å². The standard InChI is InChI=1S/C19H18FN3O2S/c1-11-6-7-14(13(20)8-11)22-16(24)9-23-10-21-18-17(19(23)25)12-4-2-3-5-15(12)26-18/h6-8,10H,2-5,9H2,1H3,(H,22,24). The van der Waals surface area contributed by atoms with Crippen molar-refractivity contribution in [3.63, 3.8) is 0 Å². The fourth-order valence-corrected chi connectivity index (χ4v) is 4.58. The molecule has 0 aliphatic heterocycles. The summed E-state index contributed by atoms with van der Waals surface area (Å²) in [6.07, 6.45) is 5.48. The van der Waals surface area contributed by atoms with E-state index in [4.69, 9.17) is 0 Å². The summed E-state index contributed by atoms with van der Waals surface area (Å²) in [5, 5.41) is 3.16. The molecule has 7 heteroatoms. The molecule has 1 aromatic carbocycles. The second-order valence-electron chi connectivity index (χ2n) is 6.60. The lowest BCUT2D eigenvalue weighted by Crippen LogP contribution is -2.28. The second kappa shape index (κ2) is 6.64. The van der Waals surface area contributed by atoms with Crippen molar-refractivity contribution in [3.8, 4) is 0 Å². The van der Waals surface area contributed by atoms with Crippen molar-refractivity contribution in [1.29, 1.82) is 0 Å². The first-order valence-electron chi connectivity index (χ1n) is 8.58. The maximum absolute atomic E-state index is 13.9. The van der Waals surface area contributed by atoms with E-state index in [0.717, 1.165) is 41.6 Å². The average molecular weight is 371 g/mol. The van der Waals surface area contributed by atoms with Gasteiger partial charge in [-0.25, -0.2) is 9.37 Å². The van der Waals surface area contributed by atoms with Crippen molar-refractivity contribution in [1.82, 2.24) is 9.55 Å². The van der Waals surface area contributed by atoms with Gasteiger partial charge in [-0.1, -0.05) is 6.07 Å². The summed E-state index contributed by atoms with van der Waals surface area (Å²) in [5.74, 6) is -0.953. The van der Waals surface area contributed by atoms with E-state index in [9.17, 15) is 14.0 Å². The number of hydrogen-bond donors (Lipinski definition) is 1. The van der Waals surface area contributed by atoms with Gasteiger partial charge in [-0.15, -0.1) is 11.3 Å². The zero-order valence-electron chi connectivity index (χ0n) is 14.3. The average Bonchev–Trinajstić information content (AvgIpc) is 2.99. The van der Waals surface area contributed by atoms with Gasteiger partial charge in [-0.3, -0.25) is 14.2 Å². The van der Waals surface area contributed by atoms with Crippen LogP contribution in [0.5, 0.6) is 0 Å². The molecule has 0 fully saturated rings. The molecule has 0 atom stereocenters. The molecule has 1 amide bonds. The van der Waals surface area contributed by atoms with Gasteiger partial charge in [-0.2, -0.15) is 0 Å². The minimum absolute atomic E-state index is 0.107. The molecule has 0 radical (unpaired) electrons. The van der Waals surface area contributed by atoms with E-state index < -0.39 is 11.7 Å². The van der Waals surface area contributed by atoms with Gasteiger partial charge in [0.2, 0.25) is 5.91 Å². The Morgan fingerprint density at radius 3 is 2.96 bits per heavy atom. The zero-order chi connectivity index (χ0) is 18.3. The predicted octanol–water partition coefficient (Wildman–Crippen LogP) is 3.42. The maximum Gasteiger partial charge on any atom is 0.262 e. The molecule has 1 N–H and O–H groups in total. The molecule has 3 aromatic rings. The monoisotopic (exact) mass is 371 g/mol. The largest absolute Gasteiger partial charge is 0.322 e.